The van der Waals surface area contributed by atoms with Crippen LogP contribution in [0.4, 0.5) is 11.5 Å². The number of nitrogens with one attached hydrogen (secondary N) is 2. The van der Waals surface area contributed by atoms with Gasteiger partial charge in [-0.05, 0) is 44.0 Å². The first-order chi connectivity index (χ1) is 13.6. The SMILES string of the molecule is C=CCNC(=O)C1CCCN(c2ccc(NC(=O)c3cccc(C)c3)cn2)C1. The number of amides is 2. The first-order valence-electron chi connectivity index (χ1n) is 9.54. The zero-order chi connectivity index (χ0) is 19.9. The van der Waals surface area contributed by atoms with Gasteiger partial charge in [-0.25, -0.2) is 4.98 Å². The van der Waals surface area contributed by atoms with E-state index in [1.165, 1.54) is 0 Å². The zero-order valence-electron chi connectivity index (χ0n) is 16.1. The van der Waals surface area contributed by atoms with Gasteiger partial charge in [-0.3, -0.25) is 9.59 Å². The maximum Gasteiger partial charge on any atom is 0.255 e. The van der Waals surface area contributed by atoms with Gasteiger partial charge in [-0.2, -0.15) is 0 Å². The Morgan fingerprint density at radius 3 is 2.89 bits per heavy atom. The number of anilines is 2. The molecule has 0 saturated carbocycles. The average molecular weight is 378 g/mol. The lowest BCUT2D eigenvalue weighted by molar-refractivity contribution is -0.125. The molecule has 1 atom stereocenters. The van der Waals surface area contributed by atoms with Crippen molar-refractivity contribution in [1.29, 1.82) is 0 Å². The molecule has 2 N–H and O–H groups in total. The second-order valence-electron chi connectivity index (χ2n) is 7.05. The van der Waals surface area contributed by atoms with Crippen molar-refractivity contribution in [3.8, 4) is 0 Å². The number of rotatable bonds is 6. The molecule has 1 aliphatic rings. The summed E-state index contributed by atoms with van der Waals surface area (Å²) in [6.07, 6.45) is 5.16. The fourth-order valence-electron chi connectivity index (χ4n) is 3.35. The molecule has 1 aromatic heterocycles. The van der Waals surface area contributed by atoms with Crippen molar-refractivity contribution in [2.45, 2.75) is 19.8 Å². The summed E-state index contributed by atoms with van der Waals surface area (Å²) in [5.41, 5.74) is 2.30. The van der Waals surface area contributed by atoms with Gasteiger partial charge in [0.1, 0.15) is 5.82 Å². The van der Waals surface area contributed by atoms with Crippen LogP contribution in [0.1, 0.15) is 28.8 Å². The van der Waals surface area contributed by atoms with Gasteiger partial charge in [0.25, 0.3) is 5.91 Å². The Morgan fingerprint density at radius 1 is 1.32 bits per heavy atom. The Bertz CT molecular complexity index is 848. The van der Waals surface area contributed by atoms with E-state index in [1.807, 2.05) is 37.3 Å². The predicted octanol–water partition coefficient (Wildman–Crippen LogP) is 3.16. The number of hydrogen-bond acceptors (Lipinski definition) is 4. The molecule has 0 radical (unpaired) electrons. The van der Waals surface area contributed by atoms with E-state index < -0.39 is 0 Å². The summed E-state index contributed by atoms with van der Waals surface area (Å²) < 4.78 is 0. The van der Waals surface area contributed by atoms with E-state index in [0.717, 1.165) is 30.8 Å². The highest BCUT2D eigenvalue weighted by Crippen LogP contribution is 2.23. The smallest absolute Gasteiger partial charge is 0.255 e. The fraction of sp³-hybridized carbons (Fsp3) is 0.318. The van der Waals surface area contributed by atoms with Gasteiger partial charge in [0.05, 0.1) is 17.8 Å². The molecular weight excluding hydrogens is 352 g/mol. The second kappa shape index (κ2) is 9.17. The molecular formula is C22H26N4O2. The molecule has 2 heterocycles. The molecule has 28 heavy (non-hydrogen) atoms. The van der Waals surface area contributed by atoms with Crippen molar-refractivity contribution < 1.29 is 9.59 Å². The van der Waals surface area contributed by atoms with Crippen molar-refractivity contribution in [2.24, 2.45) is 5.92 Å². The molecule has 2 amide bonds. The largest absolute Gasteiger partial charge is 0.356 e. The van der Waals surface area contributed by atoms with Crippen LogP contribution in [0.25, 0.3) is 0 Å². The number of carbonyl (C=O) groups excluding carboxylic acids is 2. The molecule has 0 aliphatic carbocycles. The summed E-state index contributed by atoms with van der Waals surface area (Å²) in [6, 6.07) is 11.2. The first-order valence-corrected chi connectivity index (χ1v) is 9.54. The topological polar surface area (TPSA) is 74.3 Å². The number of benzene rings is 1. The summed E-state index contributed by atoms with van der Waals surface area (Å²) in [4.78, 5) is 31.2. The van der Waals surface area contributed by atoms with E-state index in [4.69, 9.17) is 0 Å². The fourth-order valence-corrected chi connectivity index (χ4v) is 3.35. The highest BCUT2D eigenvalue weighted by molar-refractivity contribution is 6.04. The molecule has 6 heteroatoms. The van der Waals surface area contributed by atoms with Crippen LogP contribution in [0, 0.1) is 12.8 Å². The summed E-state index contributed by atoms with van der Waals surface area (Å²) >= 11 is 0. The zero-order valence-corrected chi connectivity index (χ0v) is 16.1. The number of hydrogen-bond donors (Lipinski definition) is 2. The van der Waals surface area contributed by atoms with Crippen LogP contribution in [-0.2, 0) is 4.79 Å². The molecule has 3 rings (SSSR count). The van der Waals surface area contributed by atoms with Crippen molar-refractivity contribution >= 4 is 23.3 Å². The van der Waals surface area contributed by atoms with Crippen molar-refractivity contribution in [1.82, 2.24) is 10.3 Å². The summed E-state index contributed by atoms with van der Waals surface area (Å²) in [5.74, 6) is 0.674. The number of aromatic nitrogens is 1. The van der Waals surface area contributed by atoms with Gasteiger partial charge >= 0.3 is 0 Å². The summed E-state index contributed by atoms with van der Waals surface area (Å²) in [5, 5.41) is 5.74. The second-order valence-corrected chi connectivity index (χ2v) is 7.05. The van der Waals surface area contributed by atoms with Gasteiger partial charge in [0.15, 0.2) is 0 Å². The number of carbonyl (C=O) groups is 2. The normalized spacial score (nSPS) is 16.3. The summed E-state index contributed by atoms with van der Waals surface area (Å²) in [6.45, 7) is 7.58. The molecule has 146 valence electrons. The standard InChI is InChI=1S/C22H26N4O2/c1-3-11-23-21(27)18-8-5-12-26(15-18)20-10-9-19(14-24-20)25-22(28)17-7-4-6-16(2)13-17/h3-4,6-7,9-10,13-14,18H,1,5,8,11-12,15H2,2H3,(H,23,27)(H,25,28). The molecule has 1 aliphatic heterocycles. The van der Waals surface area contributed by atoms with E-state index in [0.29, 0.717) is 24.3 Å². The van der Waals surface area contributed by atoms with Gasteiger partial charge in [-0.15, -0.1) is 6.58 Å². The Morgan fingerprint density at radius 2 is 2.18 bits per heavy atom. The average Bonchev–Trinajstić information content (AvgIpc) is 2.72. The lowest BCUT2D eigenvalue weighted by atomic mass is 9.97. The number of piperidine rings is 1. The van der Waals surface area contributed by atoms with E-state index in [1.54, 1.807) is 18.3 Å². The molecule has 2 aromatic rings. The number of pyridine rings is 1. The van der Waals surface area contributed by atoms with Gasteiger partial charge in [0, 0.05) is 25.2 Å². The van der Waals surface area contributed by atoms with Gasteiger partial charge in [-0.1, -0.05) is 23.8 Å². The number of aryl methyl sites for hydroxylation is 1. The van der Waals surface area contributed by atoms with Crippen molar-refractivity contribution in [3.05, 3.63) is 66.4 Å². The van der Waals surface area contributed by atoms with E-state index in [9.17, 15) is 9.59 Å². The quantitative estimate of drug-likeness (QED) is 0.757. The van der Waals surface area contributed by atoms with E-state index in [-0.39, 0.29) is 17.7 Å². The van der Waals surface area contributed by atoms with E-state index >= 15 is 0 Å². The predicted molar refractivity (Wildman–Crippen MR) is 112 cm³/mol. The third kappa shape index (κ3) is 4.97. The van der Waals surface area contributed by atoms with Gasteiger partial charge in [0.2, 0.25) is 5.91 Å². The first kappa shape index (κ1) is 19.6. The Hall–Kier alpha value is -3.15. The minimum atomic E-state index is -0.157. The van der Waals surface area contributed by atoms with Crippen LogP contribution in [0.2, 0.25) is 0 Å². The third-order valence-corrected chi connectivity index (χ3v) is 4.82. The van der Waals surface area contributed by atoms with Crippen LogP contribution in [0.15, 0.2) is 55.3 Å². The van der Waals surface area contributed by atoms with E-state index in [2.05, 4.69) is 27.1 Å². The lowest BCUT2D eigenvalue weighted by Crippen LogP contribution is -2.43. The molecule has 1 unspecified atom stereocenters. The third-order valence-electron chi connectivity index (χ3n) is 4.82. The molecule has 6 nitrogen and oxygen atoms in total. The van der Waals surface area contributed by atoms with Crippen LogP contribution in [-0.4, -0.2) is 36.4 Å². The molecule has 1 saturated heterocycles. The lowest BCUT2D eigenvalue weighted by Gasteiger charge is -2.32. The van der Waals surface area contributed by atoms with Crippen molar-refractivity contribution in [3.63, 3.8) is 0 Å². The molecule has 0 spiro atoms. The van der Waals surface area contributed by atoms with Crippen molar-refractivity contribution in [2.75, 3.05) is 29.9 Å². The maximum absolute atomic E-state index is 12.4. The van der Waals surface area contributed by atoms with Crippen LogP contribution in [0.3, 0.4) is 0 Å². The molecule has 0 bridgehead atoms. The van der Waals surface area contributed by atoms with Gasteiger partial charge < -0.3 is 15.5 Å². The number of nitrogens with zero attached hydrogens (tertiary/aromatic N) is 2. The van der Waals surface area contributed by atoms with Crippen LogP contribution >= 0.6 is 0 Å². The minimum Gasteiger partial charge on any atom is -0.356 e. The summed E-state index contributed by atoms with van der Waals surface area (Å²) in [7, 11) is 0. The highest BCUT2D eigenvalue weighted by Gasteiger charge is 2.26. The Kier molecular flexibility index (Phi) is 6.42. The molecule has 1 aromatic carbocycles. The Balaban J connectivity index is 1.61. The Labute approximate surface area is 165 Å². The van der Waals surface area contributed by atoms with Crippen LogP contribution in [0.5, 0.6) is 0 Å². The monoisotopic (exact) mass is 378 g/mol. The molecule has 1 fully saturated rings. The van der Waals surface area contributed by atoms with Crippen LogP contribution < -0.4 is 15.5 Å². The minimum absolute atomic E-state index is 0.0452. The highest BCUT2D eigenvalue weighted by atomic mass is 16.2. The maximum atomic E-state index is 12.4.